The van der Waals surface area contributed by atoms with Gasteiger partial charge < -0.3 is 9.88 Å². The largest absolute Gasteiger partial charge is 0.352 e. The summed E-state index contributed by atoms with van der Waals surface area (Å²) in [6.45, 7) is 0.959. The van der Waals surface area contributed by atoms with Crippen molar-refractivity contribution in [3.63, 3.8) is 0 Å². The average Bonchev–Trinajstić information content (AvgIpc) is 2.77. The maximum atomic E-state index is 13.3. The monoisotopic (exact) mass is 401 g/mol. The maximum absolute atomic E-state index is 13.3. The number of carbonyl (C=O) groups is 1. The molecule has 0 radical (unpaired) electrons. The number of para-hydroxylation sites is 1. The van der Waals surface area contributed by atoms with Crippen molar-refractivity contribution in [1.29, 1.82) is 0 Å². The van der Waals surface area contributed by atoms with E-state index in [-0.39, 0.29) is 17.3 Å². The fourth-order valence-electron chi connectivity index (χ4n) is 3.32. The first-order valence-electron chi connectivity index (χ1n) is 9.71. The number of hydrogen-bond donors (Lipinski definition) is 1. The Morgan fingerprint density at radius 1 is 1.00 bits per heavy atom. The van der Waals surface area contributed by atoms with Gasteiger partial charge in [0.1, 0.15) is 5.82 Å². The van der Waals surface area contributed by atoms with Crippen LogP contribution >= 0.6 is 0 Å². The molecule has 0 aliphatic heterocycles. The lowest BCUT2D eigenvalue weighted by Crippen LogP contribution is -2.27. The normalized spacial score (nSPS) is 10.8. The zero-order valence-corrected chi connectivity index (χ0v) is 16.2. The molecule has 4 aromatic rings. The van der Waals surface area contributed by atoms with Gasteiger partial charge in [-0.05, 0) is 48.9 Å². The van der Waals surface area contributed by atoms with Gasteiger partial charge in [-0.3, -0.25) is 9.59 Å². The minimum absolute atomic E-state index is 0.0621. The second kappa shape index (κ2) is 8.69. The van der Waals surface area contributed by atoms with Crippen LogP contribution in [0.15, 0.2) is 83.8 Å². The third-order valence-electron chi connectivity index (χ3n) is 4.86. The molecule has 2 heterocycles. The van der Waals surface area contributed by atoms with E-state index in [2.05, 4.69) is 10.3 Å². The van der Waals surface area contributed by atoms with E-state index in [1.54, 1.807) is 41.1 Å². The van der Waals surface area contributed by atoms with Crippen LogP contribution in [0.3, 0.4) is 0 Å². The Hall–Kier alpha value is -3.80. The van der Waals surface area contributed by atoms with Crippen molar-refractivity contribution in [2.24, 2.45) is 0 Å². The highest BCUT2D eigenvalue weighted by Crippen LogP contribution is 2.25. The van der Waals surface area contributed by atoms with Gasteiger partial charge in [-0.25, -0.2) is 9.37 Å². The van der Waals surface area contributed by atoms with Crippen molar-refractivity contribution in [3.05, 3.63) is 101 Å². The number of nitrogens with one attached hydrogen (secondary N) is 1. The Morgan fingerprint density at radius 3 is 2.57 bits per heavy atom. The zero-order chi connectivity index (χ0) is 20.9. The van der Waals surface area contributed by atoms with Crippen LogP contribution in [0.4, 0.5) is 4.39 Å². The molecule has 1 N–H and O–H groups in total. The number of fused-ring (bicyclic) bond motifs is 1. The van der Waals surface area contributed by atoms with E-state index in [1.165, 1.54) is 18.2 Å². The third-order valence-corrected chi connectivity index (χ3v) is 4.86. The number of rotatable bonds is 6. The van der Waals surface area contributed by atoms with E-state index in [0.717, 1.165) is 10.9 Å². The molecule has 6 heteroatoms. The number of benzene rings is 2. The van der Waals surface area contributed by atoms with Gasteiger partial charge in [0, 0.05) is 36.3 Å². The molecule has 0 bridgehead atoms. The van der Waals surface area contributed by atoms with E-state index in [0.29, 0.717) is 36.3 Å². The Kier molecular flexibility index (Phi) is 5.66. The Labute approximate surface area is 172 Å². The minimum atomic E-state index is -0.324. The molecule has 0 aliphatic rings. The topological polar surface area (TPSA) is 64.0 Å². The van der Waals surface area contributed by atoms with Gasteiger partial charge in [-0.2, -0.15) is 0 Å². The Morgan fingerprint density at radius 2 is 1.77 bits per heavy atom. The Bertz CT molecular complexity index is 1250. The van der Waals surface area contributed by atoms with E-state index in [1.807, 2.05) is 24.3 Å². The molecule has 30 heavy (non-hydrogen) atoms. The van der Waals surface area contributed by atoms with Crippen molar-refractivity contribution in [1.82, 2.24) is 14.9 Å². The summed E-state index contributed by atoms with van der Waals surface area (Å²) in [5, 5.41) is 3.68. The lowest BCUT2D eigenvalue weighted by atomic mass is 10.0. The molecule has 1 amide bonds. The number of amides is 1. The van der Waals surface area contributed by atoms with Crippen molar-refractivity contribution < 1.29 is 9.18 Å². The van der Waals surface area contributed by atoms with Gasteiger partial charge in [0.05, 0.1) is 16.8 Å². The van der Waals surface area contributed by atoms with E-state index < -0.39 is 0 Å². The summed E-state index contributed by atoms with van der Waals surface area (Å²) < 4.78 is 14.9. The first-order chi connectivity index (χ1) is 14.6. The molecule has 0 fully saturated rings. The predicted molar refractivity (Wildman–Crippen MR) is 115 cm³/mol. The summed E-state index contributed by atoms with van der Waals surface area (Å²) in [5.41, 5.74) is 2.49. The van der Waals surface area contributed by atoms with Crippen LogP contribution in [0.25, 0.3) is 22.2 Å². The predicted octanol–water partition coefficient (Wildman–Crippen LogP) is 4.02. The smallest absolute Gasteiger partial charge is 0.252 e. The summed E-state index contributed by atoms with van der Waals surface area (Å²) in [4.78, 5) is 29.3. The molecule has 2 aromatic carbocycles. The van der Waals surface area contributed by atoms with Gasteiger partial charge >= 0.3 is 0 Å². The van der Waals surface area contributed by atoms with Crippen LogP contribution in [0.2, 0.25) is 0 Å². The molecule has 2 aromatic heterocycles. The zero-order valence-electron chi connectivity index (χ0n) is 16.2. The van der Waals surface area contributed by atoms with Crippen molar-refractivity contribution in [2.45, 2.75) is 13.0 Å². The van der Waals surface area contributed by atoms with Gasteiger partial charge in [0.15, 0.2) is 0 Å². The van der Waals surface area contributed by atoms with Crippen LogP contribution in [-0.2, 0) is 6.54 Å². The van der Waals surface area contributed by atoms with Crippen LogP contribution in [-0.4, -0.2) is 22.0 Å². The summed E-state index contributed by atoms with van der Waals surface area (Å²) in [6.07, 6.45) is 2.36. The van der Waals surface area contributed by atoms with Crippen molar-refractivity contribution in [3.8, 4) is 11.3 Å². The van der Waals surface area contributed by atoms with E-state index in [4.69, 9.17) is 0 Å². The highest BCUT2D eigenvalue weighted by atomic mass is 19.1. The molecule has 5 nitrogen and oxygen atoms in total. The van der Waals surface area contributed by atoms with E-state index >= 15 is 0 Å². The minimum Gasteiger partial charge on any atom is -0.352 e. The molecule has 0 unspecified atom stereocenters. The fraction of sp³-hybridized carbons (Fsp3) is 0.125. The quantitative estimate of drug-likeness (QED) is 0.496. The van der Waals surface area contributed by atoms with Crippen LogP contribution in [0, 0.1) is 5.82 Å². The number of aromatic nitrogens is 2. The van der Waals surface area contributed by atoms with Gasteiger partial charge in [0.25, 0.3) is 5.91 Å². The first kappa shape index (κ1) is 19.5. The summed E-state index contributed by atoms with van der Waals surface area (Å²) in [6, 6.07) is 20.2. The number of carbonyl (C=O) groups excluding carboxylic acids is 1. The molecular formula is C24H20FN3O2. The number of hydrogen-bond acceptors (Lipinski definition) is 3. The molecule has 0 atom stereocenters. The lowest BCUT2D eigenvalue weighted by Gasteiger charge is -2.11. The van der Waals surface area contributed by atoms with E-state index in [9.17, 15) is 14.0 Å². The number of aryl methyl sites for hydroxylation is 1. The van der Waals surface area contributed by atoms with Gasteiger partial charge in [-0.15, -0.1) is 0 Å². The van der Waals surface area contributed by atoms with Gasteiger partial charge in [0.2, 0.25) is 5.56 Å². The average molecular weight is 401 g/mol. The summed E-state index contributed by atoms with van der Waals surface area (Å²) in [5.74, 6) is -0.535. The highest BCUT2D eigenvalue weighted by molar-refractivity contribution is 6.07. The van der Waals surface area contributed by atoms with Crippen LogP contribution in [0.1, 0.15) is 16.8 Å². The Balaban J connectivity index is 1.54. The number of pyridine rings is 2. The maximum Gasteiger partial charge on any atom is 0.252 e. The SMILES string of the molecule is O=C(NCCCn1ccccc1=O)c1cc(-c2ccc(F)cc2)nc2ccccc12. The lowest BCUT2D eigenvalue weighted by molar-refractivity contribution is 0.0954. The standard InChI is InChI=1S/C24H20FN3O2/c25-18-11-9-17(10-12-18)22-16-20(19-6-1-2-7-21(19)27-22)24(30)26-13-5-15-28-14-4-3-8-23(28)29/h1-4,6-12,14,16H,5,13,15H2,(H,26,30). The van der Waals surface area contributed by atoms with Crippen LogP contribution in [0.5, 0.6) is 0 Å². The van der Waals surface area contributed by atoms with Crippen LogP contribution < -0.4 is 10.9 Å². The number of nitrogens with zero attached hydrogens (tertiary/aromatic N) is 2. The highest BCUT2D eigenvalue weighted by Gasteiger charge is 2.13. The first-order valence-corrected chi connectivity index (χ1v) is 9.71. The second-order valence-electron chi connectivity index (χ2n) is 6.92. The molecule has 0 saturated heterocycles. The van der Waals surface area contributed by atoms with Crippen molar-refractivity contribution >= 4 is 16.8 Å². The molecule has 0 spiro atoms. The van der Waals surface area contributed by atoms with Gasteiger partial charge in [-0.1, -0.05) is 24.3 Å². The second-order valence-corrected chi connectivity index (χ2v) is 6.92. The fourth-order valence-corrected chi connectivity index (χ4v) is 3.32. The molecule has 150 valence electrons. The molecule has 0 saturated carbocycles. The van der Waals surface area contributed by atoms with Crippen molar-refractivity contribution in [2.75, 3.05) is 6.54 Å². The summed E-state index contributed by atoms with van der Waals surface area (Å²) in [7, 11) is 0. The third kappa shape index (κ3) is 4.27. The summed E-state index contributed by atoms with van der Waals surface area (Å²) >= 11 is 0. The number of halogens is 1. The molecular weight excluding hydrogens is 381 g/mol. The molecule has 0 aliphatic carbocycles. The molecule has 4 rings (SSSR count).